The van der Waals surface area contributed by atoms with Gasteiger partial charge in [-0.2, -0.15) is 14.9 Å². The Labute approximate surface area is 224 Å². The molecule has 1 fully saturated rings. The molecule has 5 rings (SSSR count). The van der Waals surface area contributed by atoms with Gasteiger partial charge in [0.1, 0.15) is 0 Å². The van der Waals surface area contributed by atoms with Crippen LogP contribution >= 0.6 is 34.4 Å². The Balaban J connectivity index is 1.28. The highest BCUT2D eigenvalue weighted by molar-refractivity contribution is 14.1. The number of nitrogens with zero attached hydrogens (tertiary/aromatic N) is 4. The maximum Gasteiger partial charge on any atom is 0.271 e. The van der Waals surface area contributed by atoms with Gasteiger partial charge in [-0.1, -0.05) is 54.6 Å². The molecule has 0 unspecified atom stereocenters. The van der Waals surface area contributed by atoms with Gasteiger partial charge in [0.2, 0.25) is 0 Å². The molecule has 36 heavy (non-hydrogen) atoms. The van der Waals surface area contributed by atoms with Gasteiger partial charge in [-0.05, 0) is 81.9 Å². The Bertz CT molecular complexity index is 1560. The fourth-order valence-corrected chi connectivity index (χ4v) is 4.53. The van der Waals surface area contributed by atoms with Crippen molar-refractivity contribution in [3.05, 3.63) is 121 Å². The molecule has 0 atom stereocenters. The summed E-state index contributed by atoms with van der Waals surface area (Å²) in [5, 5.41) is 15.9. The van der Waals surface area contributed by atoms with Crippen LogP contribution in [0.2, 0.25) is 0 Å². The van der Waals surface area contributed by atoms with E-state index in [0.29, 0.717) is 21.5 Å². The van der Waals surface area contributed by atoms with Gasteiger partial charge >= 0.3 is 0 Å². The Morgan fingerprint density at radius 2 is 1.58 bits per heavy atom. The predicted molar refractivity (Wildman–Crippen MR) is 153 cm³/mol. The number of amidine groups is 1. The summed E-state index contributed by atoms with van der Waals surface area (Å²) < 4.78 is 2.50. The Kier molecular flexibility index (Phi) is 7.19. The number of carbonyl (C=O) groups excluding carboxylic acids is 1. The molecule has 0 saturated carbocycles. The highest BCUT2D eigenvalue weighted by Crippen LogP contribution is 2.26. The van der Waals surface area contributed by atoms with Crippen molar-refractivity contribution in [2.24, 2.45) is 10.2 Å². The van der Waals surface area contributed by atoms with Gasteiger partial charge < -0.3 is 0 Å². The normalized spacial score (nSPS) is 15.6. The van der Waals surface area contributed by atoms with Crippen LogP contribution in [0, 0.1) is 3.57 Å². The minimum Gasteiger partial charge on any atom is -0.299 e. The zero-order valence-corrected chi connectivity index (χ0v) is 21.7. The second-order valence-corrected chi connectivity index (χ2v) is 9.97. The molecule has 2 heterocycles. The molecule has 1 aromatic heterocycles. The van der Waals surface area contributed by atoms with E-state index in [1.54, 1.807) is 24.4 Å². The number of aromatic nitrogens is 2. The van der Waals surface area contributed by atoms with Gasteiger partial charge in [-0.15, -0.1) is 5.10 Å². The van der Waals surface area contributed by atoms with Gasteiger partial charge in [-0.25, -0.2) is 0 Å². The monoisotopic (exact) mass is 603 g/mol. The zero-order valence-electron chi connectivity index (χ0n) is 18.7. The first-order valence-corrected chi connectivity index (χ1v) is 12.8. The Hall–Kier alpha value is -3.83. The molecule has 9 heteroatoms. The van der Waals surface area contributed by atoms with E-state index in [9.17, 15) is 9.59 Å². The number of hydrogen-bond acceptors (Lipinski definition) is 6. The van der Waals surface area contributed by atoms with Crippen molar-refractivity contribution >= 4 is 57.7 Å². The van der Waals surface area contributed by atoms with Crippen LogP contribution in [0.15, 0.2) is 111 Å². The molecule has 1 saturated heterocycles. The minimum atomic E-state index is -0.217. The topological polar surface area (TPSA) is 88.7 Å². The van der Waals surface area contributed by atoms with Crippen LogP contribution in [0.5, 0.6) is 0 Å². The third kappa shape index (κ3) is 5.69. The Morgan fingerprint density at radius 1 is 0.861 bits per heavy atom. The van der Waals surface area contributed by atoms with Crippen LogP contribution in [0.4, 0.5) is 0 Å². The number of hydrogen-bond donors (Lipinski definition) is 1. The molecule has 0 bridgehead atoms. The highest BCUT2D eigenvalue weighted by Gasteiger charge is 2.23. The summed E-state index contributed by atoms with van der Waals surface area (Å²) in [7, 11) is 0. The number of thioether (sulfide) groups is 1. The van der Waals surface area contributed by atoms with Crippen LogP contribution in [0.3, 0.4) is 0 Å². The molecule has 1 N–H and O–H groups in total. The number of halogens is 1. The zero-order chi connectivity index (χ0) is 24.9. The lowest BCUT2D eigenvalue weighted by Crippen LogP contribution is -2.20. The molecule has 3 aromatic carbocycles. The third-order valence-electron chi connectivity index (χ3n) is 5.18. The summed E-state index contributed by atoms with van der Waals surface area (Å²) in [6.07, 6.45) is 3.41. The first-order chi connectivity index (χ1) is 17.5. The van der Waals surface area contributed by atoms with Crippen LogP contribution < -0.4 is 10.9 Å². The first-order valence-electron chi connectivity index (χ1n) is 10.9. The SMILES string of the molecule is O=C1NC(=NN=Cc2ccc(-n3nc(-c4ccccc4)ccc3=O)cc2)SC1=Cc1ccc(I)cc1. The lowest BCUT2D eigenvalue weighted by Gasteiger charge is -2.07. The summed E-state index contributed by atoms with van der Waals surface area (Å²) in [6, 6.07) is 28.1. The van der Waals surface area contributed by atoms with Gasteiger partial charge in [0.05, 0.1) is 22.5 Å². The molecule has 7 nitrogen and oxygen atoms in total. The second kappa shape index (κ2) is 10.8. The van der Waals surface area contributed by atoms with Crippen LogP contribution in [-0.2, 0) is 4.79 Å². The molecule has 0 aliphatic carbocycles. The molecular formula is C27H18IN5O2S. The van der Waals surface area contributed by atoms with Crippen molar-refractivity contribution in [1.82, 2.24) is 15.1 Å². The maximum absolute atomic E-state index is 12.4. The van der Waals surface area contributed by atoms with E-state index in [4.69, 9.17) is 0 Å². The van der Waals surface area contributed by atoms with Gasteiger partial charge in [0, 0.05) is 15.2 Å². The molecular weight excluding hydrogens is 585 g/mol. The van der Waals surface area contributed by atoms with Gasteiger partial charge in [-0.3, -0.25) is 14.9 Å². The van der Waals surface area contributed by atoms with Crippen LogP contribution in [0.1, 0.15) is 11.1 Å². The molecule has 0 spiro atoms. The summed E-state index contributed by atoms with van der Waals surface area (Å²) in [6.45, 7) is 0. The molecule has 0 radical (unpaired) electrons. The quantitative estimate of drug-likeness (QED) is 0.149. The molecule has 1 aliphatic rings. The molecule has 176 valence electrons. The lowest BCUT2D eigenvalue weighted by atomic mass is 10.1. The Morgan fingerprint density at radius 3 is 2.33 bits per heavy atom. The number of carbonyl (C=O) groups is 1. The van der Waals surface area contributed by atoms with Crippen molar-refractivity contribution < 1.29 is 4.79 Å². The first kappa shape index (κ1) is 23.9. The van der Waals surface area contributed by atoms with E-state index in [1.165, 1.54) is 22.5 Å². The van der Waals surface area contributed by atoms with E-state index >= 15 is 0 Å². The number of amides is 1. The number of benzene rings is 3. The predicted octanol–water partition coefficient (Wildman–Crippen LogP) is 5.10. The maximum atomic E-state index is 12.4. The number of rotatable bonds is 5. The lowest BCUT2D eigenvalue weighted by molar-refractivity contribution is -0.115. The van der Waals surface area contributed by atoms with E-state index in [-0.39, 0.29) is 11.5 Å². The molecule has 4 aromatic rings. The van der Waals surface area contributed by atoms with Crippen LogP contribution in [-0.4, -0.2) is 27.1 Å². The average Bonchev–Trinajstić information content (AvgIpc) is 3.25. The van der Waals surface area contributed by atoms with Gasteiger partial charge in [0.25, 0.3) is 11.5 Å². The largest absolute Gasteiger partial charge is 0.299 e. The van der Waals surface area contributed by atoms with Crippen molar-refractivity contribution in [3.8, 4) is 16.9 Å². The van der Waals surface area contributed by atoms with E-state index in [1.807, 2.05) is 72.8 Å². The third-order valence-corrected chi connectivity index (χ3v) is 6.80. The summed E-state index contributed by atoms with van der Waals surface area (Å²) in [4.78, 5) is 25.2. The van der Waals surface area contributed by atoms with Crippen molar-refractivity contribution in [1.29, 1.82) is 0 Å². The minimum absolute atomic E-state index is 0.201. The highest BCUT2D eigenvalue weighted by atomic mass is 127. The second-order valence-electron chi connectivity index (χ2n) is 7.69. The summed E-state index contributed by atoms with van der Waals surface area (Å²) in [5.41, 5.74) is 3.81. The van der Waals surface area contributed by atoms with Crippen molar-refractivity contribution in [2.45, 2.75) is 0 Å². The van der Waals surface area contributed by atoms with E-state index < -0.39 is 0 Å². The van der Waals surface area contributed by atoms with E-state index in [0.717, 1.165) is 20.3 Å². The average molecular weight is 603 g/mol. The standard InChI is InChI=1S/C27H18IN5O2S/c28-21-10-6-18(7-11-21)16-24-26(35)30-27(36-24)31-29-17-19-8-12-22(13-9-19)33-25(34)15-14-23(32-33)20-4-2-1-3-5-20/h1-17H,(H,30,31,35). The van der Waals surface area contributed by atoms with Crippen molar-refractivity contribution in [3.63, 3.8) is 0 Å². The molecule has 1 aliphatic heterocycles. The summed E-state index contributed by atoms with van der Waals surface area (Å²) >= 11 is 3.48. The van der Waals surface area contributed by atoms with Crippen molar-refractivity contribution in [2.75, 3.05) is 0 Å². The fourth-order valence-electron chi connectivity index (χ4n) is 3.39. The van der Waals surface area contributed by atoms with Gasteiger partial charge in [0.15, 0.2) is 5.17 Å². The number of nitrogens with one attached hydrogen (secondary N) is 1. The summed E-state index contributed by atoms with van der Waals surface area (Å²) in [5.74, 6) is -0.201. The fraction of sp³-hybridized carbons (Fsp3) is 0. The smallest absolute Gasteiger partial charge is 0.271 e. The van der Waals surface area contributed by atoms with Crippen LogP contribution in [0.25, 0.3) is 23.0 Å². The van der Waals surface area contributed by atoms with E-state index in [2.05, 4.69) is 43.2 Å². The molecule has 1 amide bonds.